The molecule has 1 aromatic carbocycles. The molecule has 0 radical (unpaired) electrons. The maximum Gasteiger partial charge on any atom is 0.254 e. The number of carbonyl (C=O) groups is 1. The van der Waals surface area contributed by atoms with Crippen molar-refractivity contribution >= 4 is 5.91 Å². The Labute approximate surface area is 139 Å². The van der Waals surface area contributed by atoms with Crippen molar-refractivity contribution in [3.8, 4) is 11.4 Å². The predicted octanol–water partition coefficient (Wildman–Crippen LogP) is 2.36. The Hall–Kier alpha value is -2.96. The smallest absolute Gasteiger partial charge is 0.254 e. The molecule has 24 heavy (non-hydrogen) atoms. The molecule has 0 saturated heterocycles. The van der Waals surface area contributed by atoms with Crippen LogP contribution in [0.15, 0.2) is 34.9 Å². The maximum absolute atomic E-state index is 12.6. The molecule has 0 aliphatic heterocycles. The largest absolute Gasteiger partial charge is 0.359 e. The van der Waals surface area contributed by atoms with Gasteiger partial charge < -0.3 is 9.42 Å². The summed E-state index contributed by atoms with van der Waals surface area (Å²) in [4.78, 5) is 18.6. The lowest BCUT2D eigenvalue weighted by molar-refractivity contribution is 0.0772. The fourth-order valence-electron chi connectivity index (χ4n) is 2.39. The Morgan fingerprint density at radius 1 is 1.29 bits per heavy atom. The van der Waals surface area contributed by atoms with Gasteiger partial charge in [-0.25, -0.2) is 4.98 Å². The first kappa shape index (κ1) is 15.9. The second-order valence-corrected chi connectivity index (χ2v) is 5.78. The van der Waals surface area contributed by atoms with Crippen molar-refractivity contribution in [3.05, 3.63) is 53.2 Å². The molecule has 0 bridgehead atoms. The summed E-state index contributed by atoms with van der Waals surface area (Å²) in [6, 6.07) is 9.13. The maximum atomic E-state index is 12.6. The Morgan fingerprint density at radius 2 is 2.08 bits per heavy atom. The van der Waals surface area contributed by atoms with Crippen molar-refractivity contribution in [2.75, 3.05) is 7.05 Å². The van der Waals surface area contributed by atoms with Gasteiger partial charge in [0.2, 0.25) is 0 Å². The number of rotatable bonds is 4. The summed E-state index contributed by atoms with van der Waals surface area (Å²) in [6.45, 7) is 4.10. The molecule has 7 heteroatoms. The van der Waals surface area contributed by atoms with Crippen LogP contribution >= 0.6 is 0 Å². The van der Waals surface area contributed by atoms with E-state index < -0.39 is 0 Å². The summed E-state index contributed by atoms with van der Waals surface area (Å²) in [5, 5.41) is 8.19. The second-order valence-electron chi connectivity index (χ2n) is 5.78. The molecule has 0 aliphatic carbocycles. The van der Waals surface area contributed by atoms with E-state index >= 15 is 0 Å². The molecule has 0 fully saturated rings. The van der Waals surface area contributed by atoms with E-state index in [0.29, 0.717) is 23.7 Å². The molecule has 0 spiro atoms. The van der Waals surface area contributed by atoms with E-state index in [2.05, 4.69) is 15.2 Å². The topological polar surface area (TPSA) is 77.0 Å². The van der Waals surface area contributed by atoms with E-state index in [-0.39, 0.29) is 5.91 Å². The first-order chi connectivity index (χ1) is 11.4. The number of aryl methyl sites for hydroxylation is 3. The third-order valence-corrected chi connectivity index (χ3v) is 3.76. The minimum atomic E-state index is -0.0986. The molecule has 0 saturated carbocycles. The summed E-state index contributed by atoms with van der Waals surface area (Å²) in [6.07, 6.45) is 0. The van der Waals surface area contributed by atoms with E-state index in [4.69, 9.17) is 4.52 Å². The zero-order valence-electron chi connectivity index (χ0n) is 14.1. The summed E-state index contributed by atoms with van der Waals surface area (Å²) < 4.78 is 6.87. The molecule has 2 aromatic heterocycles. The van der Waals surface area contributed by atoms with Gasteiger partial charge in [0.05, 0.1) is 12.2 Å². The third-order valence-electron chi connectivity index (χ3n) is 3.76. The fourth-order valence-corrected chi connectivity index (χ4v) is 2.39. The molecule has 3 aromatic rings. The molecule has 2 heterocycles. The van der Waals surface area contributed by atoms with E-state index in [0.717, 1.165) is 17.1 Å². The average molecular weight is 325 g/mol. The second kappa shape index (κ2) is 6.27. The van der Waals surface area contributed by atoms with Gasteiger partial charge in [-0.15, -0.1) is 0 Å². The molecular weight excluding hydrogens is 306 g/mol. The number of hydrogen-bond donors (Lipinski definition) is 0. The number of hydrogen-bond acceptors (Lipinski definition) is 5. The molecule has 0 aliphatic rings. The van der Waals surface area contributed by atoms with Crippen LogP contribution in [0.2, 0.25) is 0 Å². The van der Waals surface area contributed by atoms with Gasteiger partial charge in [0.1, 0.15) is 5.82 Å². The SMILES string of the molecule is Cc1cc(CN(C)C(=O)c2cccc(-c3nc(C)n(C)n3)c2)on1. The van der Waals surface area contributed by atoms with E-state index in [1.165, 1.54) is 0 Å². The van der Waals surface area contributed by atoms with Crippen molar-refractivity contribution in [1.82, 2.24) is 24.8 Å². The number of carbonyl (C=O) groups excluding carboxylic acids is 1. The van der Waals surface area contributed by atoms with Crippen molar-refractivity contribution in [2.24, 2.45) is 7.05 Å². The Balaban J connectivity index is 1.81. The van der Waals surface area contributed by atoms with Crippen LogP contribution in [-0.2, 0) is 13.6 Å². The van der Waals surface area contributed by atoms with Crippen LogP contribution in [0.5, 0.6) is 0 Å². The Bertz CT molecular complexity index is 861. The highest BCUT2D eigenvalue weighted by molar-refractivity contribution is 5.95. The van der Waals surface area contributed by atoms with Crippen molar-refractivity contribution in [2.45, 2.75) is 20.4 Å². The Kier molecular flexibility index (Phi) is 4.16. The Morgan fingerprint density at radius 3 is 2.71 bits per heavy atom. The number of benzene rings is 1. The van der Waals surface area contributed by atoms with Gasteiger partial charge in [0.25, 0.3) is 5.91 Å². The van der Waals surface area contributed by atoms with Gasteiger partial charge in [-0.05, 0) is 26.0 Å². The highest BCUT2D eigenvalue weighted by atomic mass is 16.5. The fraction of sp³-hybridized carbons (Fsp3) is 0.294. The molecule has 1 amide bonds. The molecule has 7 nitrogen and oxygen atoms in total. The number of amides is 1. The predicted molar refractivity (Wildman–Crippen MR) is 88.2 cm³/mol. The molecule has 3 rings (SSSR count). The van der Waals surface area contributed by atoms with Crippen LogP contribution in [0.4, 0.5) is 0 Å². The van der Waals surface area contributed by atoms with Gasteiger partial charge in [0, 0.05) is 31.3 Å². The number of nitrogens with zero attached hydrogens (tertiary/aromatic N) is 5. The highest BCUT2D eigenvalue weighted by Gasteiger charge is 2.16. The normalized spacial score (nSPS) is 10.8. The van der Waals surface area contributed by atoms with Gasteiger partial charge in [-0.2, -0.15) is 5.10 Å². The van der Waals surface area contributed by atoms with E-state index in [1.807, 2.05) is 39.1 Å². The quantitative estimate of drug-likeness (QED) is 0.736. The van der Waals surface area contributed by atoms with E-state index in [1.54, 1.807) is 28.8 Å². The molecule has 0 N–H and O–H groups in total. The van der Waals surface area contributed by atoms with Crippen LogP contribution in [0.3, 0.4) is 0 Å². The minimum absolute atomic E-state index is 0.0986. The third kappa shape index (κ3) is 3.19. The van der Waals surface area contributed by atoms with Gasteiger partial charge >= 0.3 is 0 Å². The zero-order valence-corrected chi connectivity index (χ0v) is 14.1. The zero-order chi connectivity index (χ0) is 17.3. The van der Waals surface area contributed by atoms with Crippen LogP contribution in [0, 0.1) is 13.8 Å². The monoisotopic (exact) mass is 325 g/mol. The van der Waals surface area contributed by atoms with Gasteiger partial charge in [-0.1, -0.05) is 17.3 Å². The van der Waals surface area contributed by atoms with Crippen molar-refractivity contribution < 1.29 is 9.32 Å². The summed E-state index contributed by atoms with van der Waals surface area (Å²) in [7, 11) is 3.57. The highest BCUT2D eigenvalue weighted by Crippen LogP contribution is 2.18. The standard InChI is InChI=1S/C17H19N5O2/c1-11-8-15(24-20-11)10-21(3)17(23)14-7-5-6-13(9-14)16-18-12(2)22(4)19-16/h5-9H,10H2,1-4H3. The van der Waals surface area contributed by atoms with Crippen molar-refractivity contribution in [1.29, 1.82) is 0 Å². The van der Waals surface area contributed by atoms with Crippen LogP contribution in [-0.4, -0.2) is 37.8 Å². The van der Waals surface area contributed by atoms with Gasteiger partial charge in [0.15, 0.2) is 11.6 Å². The minimum Gasteiger partial charge on any atom is -0.359 e. The summed E-state index contributed by atoms with van der Waals surface area (Å²) in [5.41, 5.74) is 2.19. The number of aromatic nitrogens is 4. The lowest BCUT2D eigenvalue weighted by Crippen LogP contribution is -2.26. The van der Waals surface area contributed by atoms with Gasteiger partial charge in [-0.3, -0.25) is 9.48 Å². The molecule has 0 unspecified atom stereocenters. The van der Waals surface area contributed by atoms with Crippen LogP contribution in [0.1, 0.15) is 27.6 Å². The first-order valence-corrected chi connectivity index (χ1v) is 7.60. The lowest BCUT2D eigenvalue weighted by atomic mass is 10.1. The lowest BCUT2D eigenvalue weighted by Gasteiger charge is -2.15. The first-order valence-electron chi connectivity index (χ1n) is 7.60. The average Bonchev–Trinajstić information content (AvgIpc) is 3.12. The van der Waals surface area contributed by atoms with Crippen LogP contribution < -0.4 is 0 Å². The summed E-state index contributed by atoms with van der Waals surface area (Å²) >= 11 is 0. The summed E-state index contributed by atoms with van der Waals surface area (Å²) in [5.74, 6) is 1.98. The van der Waals surface area contributed by atoms with Crippen LogP contribution in [0.25, 0.3) is 11.4 Å². The molecular formula is C17H19N5O2. The van der Waals surface area contributed by atoms with Crippen molar-refractivity contribution in [3.63, 3.8) is 0 Å². The molecule has 0 atom stereocenters. The van der Waals surface area contributed by atoms with E-state index in [9.17, 15) is 4.79 Å². The molecule has 124 valence electrons.